The van der Waals surface area contributed by atoms with Gasteiger partial charge in [0.25, 0.3) is 0 Å². The maximum absolute atomic E-state index is 12.0. The summed E-state index contributed by atoms with van der Waals surface area (Å²) >= 11 is 0. The SMILES string of the molecule is CC1(C)C(=O)c2ccccc2C(O)=C1O. The molecule has 0 aliphatic heterocycles. The van der Waals surface area contributed by atoms with Gasteiger partial charge in [-0.05, 0) is 13.8 Å². The fourth-order valence-electron chi connectivity index (χ4n) is 1.76. The lowest BCUT2D eigenvalue weighted by molar-refractivity contribution is 0.0814. The van der Waals surface area contributed by atoms with Crippen LogP contribution >= 0.6 is 0 Å². The van der Waals surface area contributed by atoms with E-state index in [-0.39, 0.29) is 17.3 Å². The summed E-state index contributed by atoms with van der Waals surface area (Å²) in [5.74, 6) is -0.630. The van der Waals surface area contributed by atoms with Crippen LogP contribution in [0, 0.1) is 5.41 Å². The highest BCUT2D eigenvalue weighted by atomic mass is 16.3. The van der Waals surface area contributed by atoms with Gasteiger partial charge in [0.2, 0.25) is 0 Å². The van der Waals surface area contributed by atoms with Crippen molar-refractivity contribution in [2.75, 3.05) is 0 Å². The second-order valence-corrected chi connectivity index (χ2v) is 4.20. The van der Waals surface area contributed by atoms with Gasteiger partial charge >= 0.3 is 0 Å². The standard InChI is InChI=1S/C12H12O3/c1-12(2)10(14)8-6-4-3-5-7(8)9(13)11(12)15/h3-6,13,15H,1-2H3. The van der Waals surface area contributed by atoms with Gasteiger partial charge in [-0.15, -0.1) is 0 Å². The van der Waals surface area contributed by atoms with Gasteiger partial charge in [-0.2, -0.15) is 0 Å². The predicted molar refractivity (Wildman–Crippen MR) is 56.7 cm³/mol. The summed E-state index contributed by atoms with van der Waals surface area (Å²) in [4.78, 5) is 12.0. The topological polar surface area (TPSA) is 57.5 Å². The fourth-order valence-corrected chi connectivity index (χ4v) is 1.76. The minimum atomic E-state index is -1.04. The molecule has 0 unspecified atom stereocenters. The quantitative estimate of drug-likeness (QED) is 0.683. The number of rotatable bonds is 0. The molecule has 2 rings (SSSR count). The van der Waals surface area contributed by atoms with Crippen LogP contribution in [-0.2, 0) is 0 Å². The zero-order valence-electron chi connectivity index (χ0n) is 8.61. The molecule has 3 nitrogen and oxygen atoms in total. The number of fused-ring (bicyclic) bond motifs is 1. The Kier molecular flexibility index (Phi) is 1.86. The van der Waals surface area contributed by atoms with E-state index in [0.29, 0.717) is 11.1 Å². The molecular formula is C12H12O3. The van der Waals surface area contributed by atoms with Crippen molar-refractivity contribution < 1.29 is 15.0 Å². The Labute approximate surface area is 87.7 Å². The van der Waals surface area contributed by atoms with E-state index in [2.05, 4.69) is 0 Å². The number of hydrogen-bond acceptors (Lipinski definition) is 3. The van der Waals surface area contributed by atoms with Gasteiger partial charge in [0.05, 0.1) is 5.41 Å². The zero-order chi connectivity index (χ0) is 11.2. The summed E-state index contributed by atoms with van der Waals surface area (Å²) in [6.07, 6.45) is 0. The summed E-state index contributed by atoms with van der Waals surface area (Å²) in [7, 11) is 0. The molecular weight excluding hydrogens is 192 g/mol. The molecule has 3 heteroatoms. The first-order chi connectivity index (χ1) is 6.96. The molecule has 15 heavy (non-hydrogen) atoms. The van der Waals surface area contributed by atoms with Crippen molar-refractivity contribution in [2.45, 2.75) is 13.8 Å². The van der Waals surface area contributed by atoms with Gasteiger partial charge in [0.15, 0.2) is 11.5 Å². The molecule has 0 fully saturated rings. The molecule has 0 saturated heterocycles. The summed E-state index contributed by atoms with van der Waals surface area (Å²) in [5.41, 5.74) is -0.185. The molecule has 1 aliphatic carbocycles. The van der Waals surface area contributed by atoms with E-state index >= 15 is 0 Å². The molecule has 1 aromatic rings. The van der Waals surface area contributed by atoms with Gasteiger partial charge in [0.1, 0.15) is 5.76 Å². The van der Waals surface area contributed by atoms with Gasteiger partial charge in [0, 0.05) is 11.1 Å². The van der Waals surface area contributed by atoms with E-state index in [9.17, 15) is 15.0 Å². The normalized spacial score (nSPS) is 18.9. The third-order valence-electron chi connectivity index (χ3n) is 2.81. The first kappa shape index (κ1) is 9.77. The number of Topliss-reactive ketones (excluding diaryl/α,β-unsaturated/α-hetero) is 1. The Morgan fingerprint density at radius 3 is 2.20 bits per heavy atom. The van der Waals surface area contributed by atoms with Gasteiger partial charge < -0.3 is 10.2 Å². The van der Waals surface area contributed by atoms with Crippen LogP contribution in [0.1, 0.15) is 29.8 Å². The highest BCUT2D eigenvalue weighted by Gasteiger charge is 2.41. The Hall–Kier alpha value is -1.77. The molecule has 0 spiro atoms. The van der Waals surface area contributed by atoms with Crippen molar-refractivity contribution in [2.24, 2.45) is 5.41 Å². The molecule has 0 saturated carbocycles. The predicted octanol–water partition coefficient (Wildman–Crippen LogP) is 2.69. The molecule has 0 aromatic heterocycles. The Balaban J connectivity index is 2.77. The number of benzene rings is 1. The van der Waals surface area contributed by atoms with E-state index in [4.69, 9.17) is 0 Å². The smallest absolute Gasteiger partial charge is 0.176 e. The van der Waals surface area contributed by atoms with Crippen molar-refractivity contribution >= 4 is 11.5 Å². The van der Waals surface area contributed by atoms with E-state index in [0.717, 1.165) is 0 Å². The molecule has 1 aromatic carbocycles. The number of aliphatic hydroxyl groups is 2. The first-order valence-corrected chi connectivity index (χ1v) is 4.73. The lowest BCUT2D eigenvalue weighted by Crippen LogP contribution is -2.31. The Bertz CT molecular complexity index is 470. The summed E-state index contributed by atoms with van der Waals surface area (Å²) in [5, 5.41) is 19.5. The fraction of sp³-hybridized carbons (Fsp3) is 0.250. The monoisotopic (exact) mass is 204 g/mol. The molecule has 1 aliphatic rings. The molecule has 78 valence electrons. The van der Waals surface area contributed by atoms with Crippen LogP contribution in [-0.4, -0.2) is 16.0 Å². The summed E-state index contributed by atoms with van der Waals surface area (Å²) < 4.78 is 0. The largest absolute Gasteiger partial charge is 0.507 e. The third-order valence-corrected chi connectivity index (χ3v) is 2.81. The number of allylic oxidation sites excluding steroid dienone is 1. The van der Waals surface area contributed by atoms with Crippen molar-refractivity contribution in [3.63, 3.8) is 0 Å². The third kappa shape index (κ3) is 1.16. The second-order valence-electron chi connectivity index (χ2n) is 4.20. The average molecular weight is 204 g/mol. The second kappa shape index (κ2) is 2.86. The van der Waals surface area contributed by atoms with Gasteiger partial charge in [-0.1, -0.05) is 24.3 Å². The van der Waals surface area contributed by atoms with E-state index < -0.39 is 5.41 Å². The average Bonchev–Trinajstić information content (AvgIpc) is 2.24. The minimum Gasteiger partial charge on any atom is -0.507 e. The number of carbonyl (C=O) groups is 1. The molecule has 0 bridgehead atoms. The number of ketones is 1. The van der Waals surface area contributed by atoms with Crippen LogP contribution in [0.25, 0.3) is 5.76 Å². The number of hydrogen-bond donors (Lipinski definition) is 2. The maximum atomic E-state index is 12.0. The highest BCUT2D eigenvalue weighted by Crippen LogP contribution is 2.39. The lowest BCUT2D eigenvalue weighted by atomic mass is 9.76. The molecule has 0 atom stereocenters. The van der Waals surface area contributed by atoms with Gasteiger partial charge in [-0.25, -0.2) is 0 Å². The molecule has 0 radical (unpaired) electrons. The van der Waals surface area contributed by atoms with Crippen molar-refractivity contribution in [1.29, 1.82) is 0 Å². The number of aliphatic hydroxyl groups excluding tert-OH is 2. The maximum Gasteiger partial charge on any atom is 0.176 e. The van der Waals surface area contributed by atoms with Crippen LogP contribution in [0.2, 0.25) is 0 Å². The van der Waals surface area contributed by atoms with Crippen LogP contribution in [0.3, 0.4) is 0 Å². The van der Waals surface area contributed by atoms with Crippen molar-refractivity contribution in [3.8, 4) is 0 Å². The molecule has 2 N–H and O–H groups in total. The van der Waals surface area contributed by atoms with Gasteiger partial charge in [-0.3, -0.25) is 4.79 Å². The first-order valence-electron chi connectivity index (χ1n) is 4.73. The van der Waals surface area contributed by atoms with E-state index in [1.807, 2.05) is 0 Å². The van der Waals surface area contributed by atoms with Crippen LogP contribution in [0.5, 0.6) is 0 Å². The Morgan fingerprint density at radius 2 is 1.60 bits per heavy atom. The number of carbonyl (C=O) groups excluding carboxylic acids is 1. The molecule has 0 amide bonds. The van der Waals surface area contributed by atoms with E-state index in [1.165, 1.54) is 0 Å². The molecule has 0 heterocycles. The summed E-state index contributed by atoms with van der Waals surface area (Å²) in [6.45, 7) is 3.19. The van der Waals surface area contributed by atoms with Crippen LogP contribution < -0.4 is 0 Å². The van der Waals surface area contributed by atoms with Crippen molar-refractivity contribution in [3.05, 3.63) is 41.2 Å². The summed E-state index contributed by atoms with van der Waals surface area (Å²) in [6, 6.07) is 6.73. The van der Waals surface area contributed by atoms with E-state index in [1.54, 1.807) is 38.1 Å². The van der Waals surface area contributed by atoms with Crippen molar-refractivity contribution in [1.82, 2.24) is 0 Å². The Morgan fingerprint density at radius 1 is 1.07 bits per heavy atom. The minimum absolute atomic E-state index is 0.173. The zero-order valence-corrected chi connectivity index (χ0v) is 8.61. The lowest BCUT2D eigenvalue weighted by Gasteiger charge is -2.28. The highest BCUT2D eigenvalue weighted by molar-refractivity contribution is 6.08. The van der Waals surface area contributed by atoms with Crippen LogP contribution in [0.4, 0.5) is 0 Å². The van der Waals surface area contributed by atoms with Crippen LogP contribution in [0.15, 0.2) is 30.0 Å².